The van der Waals surface area contributed by atoms with Crippen LogP contribution in [-0.2, 0) is 11.2 Å². The van der Waals surface area contributed by atoms with Crippen LogP contribution in [0.25, 0.3) is 0 Å². The quantitative estimate of drug-likeness (QED) is 0.797. The van der Waals surface area contributed by atoms with E-state index in [-0.39, 0.29) is 18.1 Å². The van der Waals surface area contributed by atoms with E-state index >= 15 is 0 Å². The van der Waals surface area contributed by atoms with Gasteiger partial charge in [0.05, 0.1) is 13.5 Å². The molecule has 0 aliphatic carbocycles. The summed E-state index contributed by atoms with van der Waals surface area (Å²) in [5, 5.41) is 0. The Labute approximate surface area is 130 Å². The molecule has 2 aromatic carbocycles. The first kappa shape index (κ1) is 15.8. The molecular weight excluding hydrogens is 278 g/mol. The van der Waals surface area contributed by atoms with Gasteiger partial charge in [-0.2, -0.15) is 0 Å². The number of ketones is 1. The number of likely N-dealkylation sites (N-methyl/N-ethyl adjacent to an activating group) is 1. The molecule has 0 saturated heterocycles. The highest BCUT2D eigenvalue weighted by molar-refractivity contribution is 5.96. The second-order valence-corrected chi connectivity index (χ2v) is 5.05. The van der Waals surface area contributed by atoms with Crippen LogP contribution < -0.4 is 9.64 Å². The number of rotatable bonds is 5. The molecule has 4 nitrogen and oxygen atoms in total. The Hall–Kier alpha value is -2.62. The summed E-state index contributed by atoms with van der Waals surface area (Å²) in [4.78, 5) is 25.5. The molecule has 0 radical (unpaired) electrons. The normalized spacial score (nSPS) is 10.1. The largest absolute Gasteiger partial charge is 0.496 e. The number of benzene rings is 2. The minimum Gasteiger partial charge on any atom is -0.496 e. The number of ether oxygens (including phenoxy) is 1. The number of carbonyl (C=O) groups excluding carboxylic acids is 2. The van der Waals surface area contributed by atoms with Crippen LogP contribution in [0.4, 0.5) is 5.69 Å². The monoisotopic (exact) mass is 297 g/mol. The highest BCUT2D eigenvalue weighted by Gasteiger charge is 2.15. The zero-order valence-corrected chi connectivity index (χ0v) is 13.0. The van der Waals surface area contributed by atoms with E-state index < -0.39 is 0 Å². The topological polar surface area (TPSA) is 46.6 Å². The summed E-state index contributed by atoms with van der Waals surface area (Å²) in [5.74, 6) is 0.512. The molecule has 0 saturated carbocycles. The number of para-hydroxylation sites is 1. The molecule has 0 heterocycles. The van der Waals surface area contributed by atoms with Crippen molar-refractivity contribution >= 4 is 17.4 Å². The predicted octanol–water partition coefficient (Wildman–Crippen LogP) is 3.10. The summed E-state index contributed by atoms with van der Waals surface area (Å²) in [6.45, 7) is 1.50. The Morgan fingerprint density at radius 3 is 2.36 bits per heavy atom. The Balaban J connectivity index is 2.24. The van der Waals surface area contributed by atoms with Gasteiger partial charge in [-0.15, -0.1) is 0 Å². The van der Waals surface area contributed by atoms with Crippen LogP contribution in [0.3, 0.4) is 0 Å². The maximum Gasteiger partial charge on any atom is 0.231 e. The van der Waals surface area contributed by atoms with Gasteiger partial charge in [0, 0.05) is 23.9 Å². The highest BCUT2D eigenvalue weighted by Crippen LogP contribution is 2.22. The van der Waals surface area contributed by atoms with Crippen molar-refractivity contribution in [3.05, 3.63) is 59.7 Å². The lowest BCUT2D eigenvalue weighted by Gasteiger charge is -2.18. The molecule has 1 amide bonds. The van der Waals surface area contributed by atoms with E-state index in [0.29, 0.717) is 16.9 Å². The van der Waals surface area contributed by atoms with Crippen LogP contribution in [0.5, 0.6) is 5.75 Å². The van der Waals surface area contributed by atoms with E-state index in [4.69, 9.17) is 4.74 Å². The Bertz CT molecular complexity index is 680. The number of carbonyl (C=O) groups is 2. The Morgan fingerprint density at radius 1 is 1.09 bits per heavy atom. The number of amides is 1. The first-order valence-corrected chi connectivity index (χ1v) is 7.02. The number of nitrogens with zero attached hydrogens (tertiary/aromatic N) is 1. The van der Waals surface area contributed by atoms with Crippen molar-refractivity contribution in [2.45, 2.75) is 13.3 Å². The van der Waals surface area contributed by atoms with Crippen LogP contribution in [0.1, 0.15) is 22.8 Å². The second kappa shape index (κ2) is 6.89. The lowest BCUT2D eigenvalue weighted by Crippen LogP contribution is -2.28. The van der Waals surface area contributed by atoms with Crippen LogP contribution in [0.2, 0.25) is 0 Å². The van der Waals surface area contributed by atoms with Gasteiger partial charge in [-0.1, -0.05) is 18.2 Å². The molecule has 0 aliphatic rings. The van der Waals surface area contributed by atoms with Gasteiger partial charge >= 0.3 is 0 Å². The third kappa shape index (κ3) is 3.52. The smallest absolute Gasteiger partial charge is 0.231 e. The molecule has 22 heavy (non-hydrogen) atoms. The van der Waals surface area contributed by atoms with Gasteiger partial charge in [0.15, 0.2) is 5.78 Å². The van der Waals surface area contributed by atoms with Gasteiger partial charge in [0.2, 0.25) is 5.91 Å². The first-order chi connectivity index (χ1) is 10.5. The minimum absolute atomic E-state index is 0.0345. The molecule has 4 heteroatoms. The average Bonchev–Trinajstić information content (AvgIpc) is 2.54. The summed E-state index contributed by atoms with van der Waals surface area (Å²) < 4.78 is 5.28. The van der Waals surface area contributed by atoms with Crippen molar-refractivity contribution in [3.8, 4) is 5.75 Å². The average molecular weight is 297 g/mol. The predicted molar refractivity (Wildman–Crippen MR) is 86.6 cm³/mol. The van der Waals surface area contributed by atoms with Gasteiger partial charge in [0.1, 0.15) is 5.75 Å². The molecule has 0 N–H and O–H groups in total. The molecule has 0 fully saturated rings. The van der Waals surface area contributed by atoms with Crippen molar-refractivity contribution in [1.82, 2.24) is 0 Å². The third-order valence-corrected chi connectivity index (χ3v) is 3.55. The highest BCUT2D eigenvalue weighted by atomic mass is 16.5. The minimum atomic E-state index is -0.0646. The number of hydrogen-bond acceptors (Lipinski definition) is 3. The van der Waals surface area contributed by atoms with Crippen LogP contribution >= 0.6 is 0 Å². The van der Waals surface area contributed by atoms with Crippen molar-refractivity contribution in [3.63, 3.8) is 0 Å². The van der Waals surface area contributed by atoms with Gasteiger partial charge < -0.3 is 9.64 Å². The van der Waals surface area contributed by atoms with E-state index in [1.807, 2.05) is 30.3 Å². The molecule has 2 rings (SSSR count). The Kier molecular flexibility index (Phi) is 4.94. The van der Waals surface area contributed by atoms with E-state index in [1.165, 1.54) is 6.92 Å². The van der Waals surface area contributed by atoms with Crippen molar-refractivity contribution in [2.24, 2.45) is 0 Å². The Morgan fingerprint density at radius 2 is 1.77 bits per heavy atom. The maximum absolute atomic E-state index is 12.4. The van der Waals surface area contributed by atoms with Crippen LogP contribution in [0, 0.1) is 0 Å². The number of hydrogen-bond donors (Lipinski definition) is 0. The van der Waals surface area contributed by atoms with Gasteiger partial charge in [-0.3, -0.25) is 9.59 Å². The molecule has 0 atom stereocenters. The molecular formula is C18H19NO3. The number of anilines is 1. The summed E-state index contributed by atoms with van der Waals surface area (Å²) in [6.07, 6.45) is 0.176. The number of methoxy groups -OCH3 is 1. The lowest BCUT2D eigenvalue weighted by atomic mass is 10.0. The molecule has 0 aromatic heterocycles. The first-order valence-electron chi connectivity index (χ1n) is 7.02. The van der Waals surface area contributed by atoms with Gasteiger partial charge in [-0.25, -0.2) is 0 Å². The van der Waals surface area contributed by atoms with E-state index in [9.17, 15) is 9.59 Å². The van der Waals surface area contributed by atoms with Gasteiger partial charge in [0.25, 0.3) is 0 Å². The zero-order chi connectivity index (χ0) is 16.1. The van der Waals surface area contributed by atoms with Crippen molar-refractivity contribution in [2.75, 3.05) is 19.1 Å². The lowest BCUT2D eigenvalue weighted by molar-refractivity contribution is -0.117. The summed E-state index contributed by atoms with van der Waals surface area (Å²) >= 11 is 0. The molecule has 0 bridgehead atoms. The molecule has 114 valence electrons. The number of Topliss-reactive ketones (excluding diaryl/α,β-unsaturated/α-hetero) is 1. The van der Waals surface area contributed by atoms with Gasteiger partial charge in [-0.05, 0) is 37.3 Å². The van der Waals surface area contributed by atoms with Crippen molar-refractivity contribution in [1.29, 1.82) is 0 Å². The third-order valence-electron chi connectivity index (χ3n) is 3.55. The van der Waals surface area contributed by atoms with E-state index in [2.05, 4.69) is 0 Å². The van der Waals surface area contributed by atoms with Crippen LogP contribution in [0.15, 0.2) is 48.5 Å². The molecule has 0 spiro atoms. The molecule has 0 unspecified atom stereocenters. The summed E-state index contributed by atoms with van der Waals surface area (Å²) in [5.41, 5.74) is 2.11. The fourth-order valence-electron chi connectivity index (χ4n) is 2.21. The molecule has 2 aromatic rings. The summed E-state index contributed by atoms with van der Waals surface area (Å²) in [7, 11) is 3.29. The van der Waals surface area contributed by atoms with Crippen LogP contribution in [-0.4, -0.2) is 25.8 Å². The fourth-order valence-corrected chi connectivity index (χ4v) is 2.21. The standard InChI is InChI=1S/C18H19NO3/c1-13(20)14-9-10-17(22-3)15(11-14)12-18(21)19(2)16-7-5-4-6-8-16/h4-11H,12H2,1-3H3. The van der Waals surface area contributed by atoms with E-state index in [1.54, 1.807) is 37.3 Å². The maximum atomic E-state index is 12.4. The summed E-state index contributed by atoms with van der Waals surface area (Å²) in [6, 6.07) is 14.6. The second-order valence-electron chi connectivity index (χ2n) is 5.05. The SMILES string of the molecule is COc1ccc(C(C)=O)cc1CC(=O)N(C)c1ccccc1. The zero-order valence-electron chi connectivity index (χ0n) is 13.0. The van der Waals surface area contributed by atoms with E-state index in [0.717, 1.165) is 5.69 Å². The fraction of sp³-hybridized carbons (Fsp3) is 0.222. The van der Waals surface area contributed by atoms with Crippen molar-refractivity contribution < 1.29 is 14.3 Å². The molecule has 0 aliphatic heterocycles.